The fourth-order valence-electron chi connectivity index (χ4n) is 2.64. The van der Waals surface area contributed by atoms with Crippen LogP contribution in [0.2, 0.25) is 18.6 Å². The summed E-state index contributed by atoms with van der Waals surface area (Å²) < 4.78 is 2.86. The molecule has 2 heteroatoms. The van der Waals surface area contributed by atoms with E-state index in [1.54, 1.807) is 12.1 Å². The second-order valence-electron chi connectivity index (χ2n) is 4.69. The normalized spacial score (nSPS) is 21.2. The Morgan fingerprint density at radius 2 is 1.46 bits per heavy atom. The molecule has 0 unspecified atom stereocenters. The smallest absolute Gasteiger partial charge is 0.125 e. The van der Waals surface area contributed by atoms with Crippen LogP contribution in [0.4, 0.5) is 0 Å². The van der Waals surface area contributed by atoms with Crippen LogP contribution in [0.25, 0.3) is 0 Å². The van der Waals surface area contributed by atoms with Gasteiger partial charge in [0.05, 0.1) is 0 Å². The molecule has 1 nitrogen and oxygen atoms in total. The van der Waals surface area contributed by atoms with Crippen LogP contribution in [0.3, 0.4) is 0 Å². The fraction of sp³-hybridized carbons (Fsp3) is 1.00. The Morgan fingerprint density at radius 1 is 1.00 bits per heavy atom. The number of hydrogen-bond donors (Lipinski definition) is 0. The molecule has 0 atom stereocenters. The predicted molar refractivity (Wildman–Crippen MR) is 62.6 cm³/mol. The highest BCUT2D eigenvalue weighted by atomic mass is 28.3. The summed E-state index contributed by atoms with van der Waals surface area (Å²) in [6.45, 7) is 9.95. The first-order valence-corrected chi connectivity index (χ1v) is 8.84. The van der Waals surface area contributed by atoms with E-state index in [0.29, 0.717) is 0 Å². The molecule has 0 bridgehead atoms. The van der Waals surface area contributed by atoms with Crippen LogP contribution < -0.4 is 0 Å². The summed E-state index contributed by atoms with van der Waals surface area (Å²) >= 11 is 0. The number of nitrogens with zero attached hydrogens (tertiary/aromatic N) is 1. The van der Waals surface area contributed by atoms with Crippen molar-refractivity contribution in [3.05, 3.63) is 0 Å². The molecule has 1 aliphatic heterocycles. The van der Waals surface area contributed by atoms with Crippen LogP contribution >= 0.6 is 0 Å². The van der Waals surface area contributed by atoms with Gasteiger partial charge >= 0.3 is 0 Å². The minimum atomic E-state index is -0.924. The minimum absolute atomic E-state index is 0.924. The Hall–Kier alpha value is 0.177. The highest BCUT2D eigenvalue weighted by Gasteiger charge is 2.36. The lowest BCUT2D eigenvalue weighted by molar-refractivity contribution is 0.416. The average molecular weight is 199 g/mol. The lowest BCUT2D eigenvalue weighted by Crippen LogP contribution is -2.49. The predicted octanol–water partition coefficient (Wildman–Crippen LogP) is 3.48. The van der Waals surface area contributed by atoms with Crippen molar-refractivity contribution in [1.82, 2.24) is 4.57 Å². The molecular weight excluding hydrogens is 174 g/mol. The summed E-state index contributed by atoms with van der Waals surface area (Å²) in [5, 5.41) is 0. The van der Waals surface area contributed by atoms with E-state index in [4.69, 9.17) is 0 Å². The molecule has 1 saturated heterocycles. The van der Waals surface area contributed by atoms with Crippen LogP contribution in [0, 0.1) is 0 Å². The van der Waals surface area contributed by atoms with Gasteiger partial charge in [0.2, 0.25) is 0 Å². The van der Waals surface area contributed by atoms with Gasteiger partial charge in [-0.3, -0.25) is 0 Å². The van der Waals surface area contributed by atoms with E-state index in [9.17, 15) is 0 Å². The van der Waals surface area contributed by atoms with Gasteiger partial charge in [0.25, 0.3) is 0 Å². The summed E-state index contributed by atoms with van der Waals surface area (Å²) in [5.41, 5.74) is 0. The second-order valence-corrected chi connectivity index (χ2v) is 9.32. The first-order chi connectivity index (χ1) is 6.23. The molecule has 13 heavy (non-hydrogen) atoms. The Kier molecular flexibility index (Phi) is 4.46. The zero-order chi connectivity index (χ0) is 9.73. The van der Waals surface area contributed by atoms with Crippen molar-refractivity contribution < 1.29 is 0 Å². The average Bonchev–Trinajstić information content (AvgIpc) is 2.53. The molecular formula is C11H25NSi. The summed E-state index contributed by atoms with van der Waals surface area (Å²) in [7, 11) is -0.924. The van der Waals surface area contributed by atoms with E-state index < -0.39 is 8.24 Å². The van der Waals surface area contributed by atoms with Gasteiger partial charge in [-0.25, -0.2) is 0 Å². The Morgan fingerprint density at radius 3 is 1.85 bits per heavy atom. The molecule has 0 N–H and O–H groups in total. The van der Waals surface area contributed by atoms with Crippen LogP contribution in [-0.2, 0) is 0 Å². The lowest BCUT2D eigenvalue weighted by atomic mass is 10.4. The highest BCUT2D eigenvalue weighted by molar-refractivity contribution is 6.76. The first-order valence-electron chi connectivity index (χ1n) is 5.98. The monoisotopic (exact) mass is 199 g/mol. The summed E-state index contributed by atoms with van der Waals surface area (Å²) in [4.78, 5) is 0. The van der Waals surface area contributed by atoms with E-state index in [1.165, 1.54) is 38.8 Å². The quantitative estimate of drug-likeness (QED) is 0.613. The van der Waals surface area contributed by atoms with Gasteiger partial charge in [-0.05, 0) is 38.0 Å². The Balaban J connectivity index is 2.50. The van der Waals surface area contributed by atoms with E-state index in [1.807, 2.05) is 0 Å². The van der Waals surface area contributed by atoms with E-state index in [2.05, 4.69) is 25.0 Å². The van der Waals surface area contributed by atoms with Gasteiger partial charge in [0.1, 0.15) is 8.24 Å². The SMILES string of the molecule is CCCN(CCC)[Si]1(C)CCCC1. The molecule has 0 aromatic rings. The maximum Gasteiger partial charge on any atom is 0.125 e. The third kappa shape index (κ3) is 2.81. The molecule has 78 valence electrons. The molecule has 1 aliphatic rings. The van der Waals surface area contributed by atoms with E-state index in [-0.39, 0.29) is 0 Å². The van der Waals surface area contributed by atoms with Crippen molar-refractivity contribution in [2.75, 3.05) is 13.1 Å². The minimum Gasteiger partial charge on any atom is -0.323 e. The molecule has 1 heterocycles. The zero-order valence-corrected chi connectivity index (χ0v) is 10.6. The van der Waals surface area contributed by atoms with Crippen molar-refractivity contribution in [2.45, 2.75) is 58.2 Å². The van der Waals surface area contributed by atoms with Crippen LogP contribution in [0.1, 0.15) is 39.5 Å². The van der Waals surface area contributed by atoms with Crippen LogP contribution in [-0.4, -0.2) is 25.9 Å². The third-order valence-electron chi connectivity index (χ3n) is 3.43. The van der Waals surface area contributed by atoms with Gasteiger partial charge in [-0.1, -0.05) is 33.2 Å². The molecule has 0 amide bonds. The maximum absolute atomic E-state index is 2.86. The number of hydrogen-bond acceptors (Lipinski definition) is 1. The summed E-state index contributed by atoms with van der Waals surface area (Å²) in [5.74, 6) is 0. The third-order valence-corrected chi connectivity index (χ3v) is 8.27. The molecule has 1 rings (SSSR count). The first kappa shape index (κ1) is 11.3. The molecule has 0 aromatic carbocycles. The van der Waals surface area contributed by atoms with E-state index in [0.717, 1.165) is 0 Å². The molecule has 0 radical (unpaired) electrons. The number of rotatable bonds is 5. The van der Waals surface area contributed by atoms with Crippen molar-refractivity contribution >= 4 is 8.24 Å². The lowest BCUT2D eigenvalue weighted by Gasteiger charge is -2.36. The molecule has 0 aromatic heterocycles. The van der Waals surface area contributed by atoms with Crippen molar-refractivity contribution in [3.8, 4) is 0 Å². The van der Waals surface area contributed by atoms with Crippen molar-refractivity contribution in [1.29, 1.82) is 0 Å². The highest BCUT2D eigenvalue weighted by Crippen LogP contribution is 2.32. The summed E-state index contributed by atoms with van der Waals surface area (Å²) in [6, 6.07) is 3.12. The molecule has 1 fully saturated rings. The van der Waals surface area contributed by atoms with Gasteiger partial charge < -0.3 is 4.57 Å². The molecule has 0 saturated carbocycles. The zero-order valence-electron chi connectivity index (χ0n) is 9.60. The molecule has 0 aliphatic carbocycles. The van der Waals surface area contributed by atoms with Gasteiger partial charge in [-0.2, -0.15) is 0 Å². The van der Waals surface area contributed by atoms with E-state index >= 15 is 0 Å². The largest absolute Gasteiger partial charge is 0.323 e. The topological polar surface area (TPSA) is 3.24 Å². The standard InChI is InChI=1S/C11H25NSi/c1-4-8-12(9-5-2)13(3)10-6-7-11-13/h4-11H2,1-3H3. The Labute approximate surface area is 84.6 Å². The summed E-state index contributed by atoms with van der Waals surface area (Å²) in [6.07, 6.45) is 5.69. The molecule has 0 spiro atoms. The fourth-order valence-corrected chi connectivity index (χ4v) is 7.08. The van der Waals surface area contributed by atoms with Gasteiger partial charge in [0, 0.05) is 0 Å². The van der Waals surface area contributed by atoms with Crippen molar-refractivity contribution in [3.63, 3.8) is 0 Å². The second kappa shape index (κ2) is 5.16. The van der Waals surface area contributed by atoms with Gasteiger partial charge in [0.15, 0.2) is 0 Å². The van der Waals surface area contributed by atoms with Crippen molar-refractivity contribution in [2.24, 2.45) is 0 Å². The Bertz CT molecular complexity index is 135. The van der Waals surface area contributed by atoms with Gasteiger partial charge in [-0.15, -0.1) is 0 Å². The maximum atomic E-state index is 2.86. The van der Waals surface area contributed by atoms with Crippen LogP contribution in [0.15, 0.2) is 0 Å². The van der Waals surface area contributed by atoms with Crippen LogP contribution in [0.5, 0.6) is 0 Å².